The van der Waals surface area contributed by atoms with Crippen LogP contribution in [0.4, 0.5) is 10.5 Å². The van der Waals surface area contributed by atoms with E-state index in [0.717, 1.165) is 0 Å². The molecular formula is C11H11N7O. The van der Waals surface area contributed by atoms with Crippen LogP contribution in [0.15, 0.2) is 24.3 Å². The number of aromatic nitrogens is 4. The van der Waals surface area contributed by atoms with Crippen LogP contribution in [0.2, 0.25) is 0 Å². The van der Waals surface area contributed by atoms with Crippen LogP contribution in [0.25, 0.3) is 0 Å². The van der Waals surface area contributed by atoms with Gasteiger partial charge in [0.2, 0.25) is 0 Å². The van der Waals surface area contributed by atoms with Crippen molar-refractivity contribution in [1.29, 1.82) is 5.26 Å². The maximum absolute atomic E-state index is 11.7. The monoisotopic (exact) mass is 257 g/mol. The number of carbonyl (C=O) groups excluding carboxylic acids is 1. The molecular weight excluding hydrogens is 246 g/mol. The summed E-state index contributed by atoms with van der Waals surface area (Å²) in [7, 11) is 0. The molecule has 1 aromatic heterocycles. The molecule has 96 valence electrons. The van der Waals surface area contributed by atoms with E-state index >= 15 is 0 Å². The summed E-state index contributed by atoms with van der Waals surface area (Å²) in [5.74, 6) is 0.398. The molecule has 1 heterocycles. The molecule has 8 heteroatoms. The number of anilines is 1. The second-order valence-corrected chi connectivity index (χ2v) is 3.78. The fourth-order valence-corrected chi connectivity index (χ4v) is 1.41. The van der Waals surface area contributed by atoms with E-state index in [9.17, 15) is 4.79 Å². The number of nitrogens with zero attached hydrogens (tertiary/aromatic N) is 4. The van der Waals surface area contributed by atoms with Gasteiger partial charge in [-0.1, -0.05) is 5.21 Å². The first-order chi connectivity index (χ1) is 9.19. The lowest BCUT2D eigenvalue weighted by molar-refractivity contribution is 0.249. The topological polar surface area (TPSA) is 119 Å². The predicted octanol–water partition coefficient (Wildman–Crippen LogP) is 0.954. The zero-order valence-corrected chi connectivity index (χ0v) is 10.1. The van der Waals surface area contributed by atoms with E-state index in [-0.39, 0.29) is 12.1 Å². The fourth-order valence-electron chi connectivity index (χ4n) is 1.41. The Morgan fingerprint density at radius 3 is 2.74 bits per heavy atom. The first kappa shape index (κ1) is 12.5. The summed E-state index contributed by atoms with van der Waals surface area (Å²) < 4.78 is 0. The highest BCUT2D eigenvalue weighted by atomic mass is 16.2. The Morgan fingerprint density at radius 1 is 1.42 bits per heavy atom. The third kappa shape index (κ3) is 3.26. The van der Waals surface area contributed by atoms with Crippen molar-refractivity contribution in [1.82, 2.24) is 25.9 Å². The van der Waals surface area contributed by atoms with Crippen molar-refractivity contribution >= 4 is 11.7 Å². The molecule has 19 heavy (non-hydrogen) atoms. The number of carbonyl (C=O) groups is 1. The van der Waals surface area contributed by atoms with Gasteiger partial charge in [-0.3, -0.25) is 0 Å². The number of hydrogen-bond donors (Lipinski definition) is 3. The highest BCUT2D eigenvalue weighted by Crippen LogP contribution is 2.09. The number of hydrogen-bond acceptors (Lipinski definition) is 5. The van der Waals surface area contributed by atoms with Gasteiger partial charge in [-0.15, -0.1) is 10.2 Å². The fraction of sp³-hybridized carbons (Fsp3) is 0.182. The van der Waals surface area contributed by atoms with Crippen LogP contribution in [0.3, 0.4) is 0 Å². The molecule has 0 aliphatic rings. The van der Waals surface area contributed by atoms with Crippen molar-refractivity contribution in [3.8, 4) is 6.07 Å². The van der Waals surface area contributed by atoms with Gasteiger partial charge < -0.3 is 10.6 Å². The molecule has 3 N–H and O–H groups in total. The molecule has 0 bridgehead atoms. The van der Waals surface area contributed by atoms with E-state index in [2.05, 4.69) is 31.3 Å². The van der Waals surface area contributed by atoms with Gasteiger partial charge in [0.25, 0.3) is 0 Å². The highest BCUT2D eigenvalue weighted by Gasteiger charge is 2.13. The number of nitrogens with one attached hydrogen (secondary N) is 3. The third-order valence-electron chi connectivity index (χ3n) is 2.37. The molecule has 0 saturated heterocycles. The Kier molecular flexibility index (Phi) is 3.68. The molecule has 1 unspecified atom stereocenters. The summed E-state index contributed by atoms with van der Waals surface area (Å²) in [5.41, 5.74) is 1.13. The minimum absolute atomic E-state index is 0.364. The molecule has 2 rings (SSSR count). The van der Waals surface area contributed by atoms with Crippen LogP contribution in [0, 0.1) is 11.3 Å². The average molecular weight is 257 g/mol. The van der Waals surface area contributed by atoms with E-state index < -0.39 is 0 Å². The molecule has 1 atom stereocenters. The Morgan fingerprint density at radius 2 is 2.16 bits per heavy atom. The maximum Gasteiger partial charge on any atom is 0.319 e. The molecule has 1 aromatic carbocycles. The Hall–Kier alpha value is -2.95. The van der Waals surface area contributed by atoms with Crippen LogP contribution in [0.1, 0.15) is 24.4 Å². The Labute approximate surface area is 108 Å². The summed E-state index contributed by atoms with van der Waals surface area (Å²) in [6.45, 7) is 1.74. The van der Waals surface area contributed by atoms with Gasteiger partial charge >= 0.3 is 6.03 Å². The molecule has 2 amide bonds. The molecule has 0 aliphatic heterocycles. The zero-order valence-electron chi connectivity index (χ0n) is 10.1. The summed E-state index contributed by atoms with van der Waals surface area (Å²) >= 11 is 0. The molecule has 0 fully saturated rings. The molecule has 2 aromatic rings. The van der Waals surface area contributed by atoms with Crippen LogP contribution < -0.4 is 10.6 Å². The summed E-state index contributed by atoms with van der Waals surface area (Å²) in [5, 5.41) is 27.2. The van der Waals surface area contributed by atoms with E-state index in [0.29, 0.717) is 17.1 Å². The standard InChI is InChI=1S/C11H11N7O/c1-7(10-15-17-18-16-10)13-11(19)14-9-4-2-8(6-12)3-5-9/h2-5,7H,1H3,(H2,13,14,19)(H,15,16,17,18). The van der Waals surface area contributed by atoms with E-state index in [1.165, 1.54) is 0 Å². The second kappa shape index (κ2) is 5.59. The number of H-pyrrole nitrogens is 1. The van der Waals surface area contributed by atoms with Crippen molar-refractivity contribution in [3.05, 3.63) is 35.7 Å². The maximum atomic E-state index is 11.7. The van der Waals surface area contributed by atoms with E-state index in [1.807, 2.05) is 6.07 Å². The molecule has 8 nitrogen and oxygen atoms in total. The Balaban J connectivity index is 1.92. The molecule has 0 spiro atoms. The number of urea groups is 1. The van der Waals surface area contributed by atoms with Gasteiger partial charge in [-0.25, -0.2) is 4.79 Å². The normalized spacial score (nSPS) is 11.4. The molecule has 0 saturated carbocycles. The number of amides is 2. The van der Waals surface area contributed by atoms with Crippen molar-refractivity contribution in [3.63, 3.8) is 0 Å². The summed E-state index contributed by atoms with van der Waals surface area (Å²) in [4.78, 5) is 11.7. The average Bonchev–Trinajstić information content (AvgIpc) is 2.93. The van der Waals surface area contributed by atoms with Crippen LogP contribution in [-0.2, 0) is 0 Å². The van der Waals surface area contributed by atoms with Crippen molar-refractivity contribution in [2.75, 3.05) is 5.32 Å². The lowest BCUT2D eigenvalue weighted by Gasteiger charge is -2.11. The number of benzene rings is 1. The van der Waals surface area contributed by atoms with Crippen molar-refractivity contribution < 1.29 is 4.79 Å². The minimum Gasteiger partial charge on any atom is -0.328 e. The van der Waals surface area contributed by atoms with E-state index in [4.69, 9.17) is 5.26 Å². The third-order valence-corrected chi connectivity index (χ3v) is 2.37. The van der Waals surface area contributed by atoms with Crippen LogP contribution >= 0.6 is 0 Å². The largest absolute Gasteiger partial charge is 0.328 e. The first-order valence-corrected chi connectivity index (χ1v) is 5.50. The number of aromatic amines is 1. The number of rotatable bonds is 3. The smallest absolute Gasteiger partial charge is 0.319 e. The second-order valence-electron chi connectivity index (χ2n) is 3.78. The summed E-state index contributed by atoms with van der Waals surface area (Å²) in [6.07, 6.45) is 0. The van der Waals surface area contributed by atoms with Crippen molar-refractivity contribution in [2.24, 2.45) is 0 Å². The SMILES string of the molecule is CC(NC(=O)Nc1ccc(C#N)cc1)c1nn[nH]n1. The highest BCUT2D eigenvalue weighted by molar-refractivity contribution is 5.89. The molecule has 0 radical (unpaired) electrons. The van der Waals surface area contributed by atoms with Gasteiger partial charge in [0, 0.05) is 5.69 Å². The lowest BCUT2D eigenvalue weighted by atomic mass is 10.2. The summed E-state index contributed by atoms with van der Waals surface area (Å²) in [6, 6.07) is 7.80. The Bertz CT molecular complexity index is 585. The van der Waals surface area contributed by atoms with Gasteiger partial charge in [0.05, 0.1) is 17.7 Å². The van der Waals surface area contributed by atoms with E-state index in [1.54, 1.807) is 31.2 Å². The quantitative estimate of drug-likeness (QED) is 0.756. The lowest BCUT2D eigenvalue weighted by Crippen LogP contribution is -2.31. The van der Waals surface area contributed by atoms with Gasteiger partial charge in [-0.2, -0.15) is 10.5 Å². The minimum atomic E-state index is -0.387. The van der Waals surface area contributed by atoms with Gasteiger partial charge in [-0.05, 0) is 31.2 Å². The first-order valence-electron chi connectivity index (χ1n) is 5.50. The van der Waals surface area contributed by atoms with Crippen molar-refractivity contribution in [2.45, 2.75) is 13.0 Å². The molecule has 0 aliphatic carbocycles. The van der Waals surface area contributed by atoms with Crippen LogP contribution in [0.5, 0.6) is 0 Å². The predicted molar refractivity (Wildman–Crippen MR) is 65.9 cm³/mol. The zero-order chi connectivity index (χ0) is 13.7. The van der Waals surface area contributed by atoms with Gasteiger partial charge in [0.1, 0.15) is 0 Å². The van der Waals surface area contributed by atoms with Crippen LogP contribution in [-0.4, -0.2) is 26.7 Å². The number of nitriles is 1. The number of tetrazole rings is 1. The van der Waals surface area contributed by atoms with Gasteiger partial charge in [0.15, 0.2) is 5.82 Å².